The summed E-state index contributed by atoms with van der Waals surface area (Å²) in [6, 6.07) is 9.20. The summed E-state index contributed by atoms with van der Waals surface area (Å²) in [5, 5.41) is 2.58. The van der Waals surface area contributed by atoms with Gasteiger partial charge in [-0.05, 0) is 35.9 Å². The van der Waals surface area contributed by atoms with Gasteiger partial charge in [-0.2, -0.15) is 13.2 Å². The highest BCUT2D eigenvalue weighted by atomic mass is 19.4. The number of ether oxygens (including phenoxy) is 3. The Kier molecular flexibility index (Phi) is 6.61. The van der Waals surface area contributed by atoms with Crippen molar-refractivity contribution >= 4 is 23.6 Å². The van der Waals surface area contributed by atoms with Crippen LogP contribution in [0.15, 0.2) is 48.5 Å². The SMILES string of the molecule is O=C(COC(=O)/C=C/c1ccc(C(F)(F)F)cc1)Nc1ccc2c(c1)OCCCO2. The van der Waals surface area contributed by atoms with Crippen LogP contribution < -0.4 is 14.8 Å². The molecule has 0 atom stereocenters. The van der Waals surface area contributed by atoms with Gasteiger partial charge in [-0.1, -0.05) is 12.1 Å². The maximum Gasteiger partial charge on any atom is 0.416 e. The molecule has 2 aromatic carbocycles. The molecule has 9 heteroatoms. The fraction of sp³-hybridized carbons (Fsp3) is 0.238. The van der Waals surface area contributed by atoms with Gasteiger partial charge in [-0.3, -0.25) is 4.79 Å². The smallest absolute Gasteiger partial charge is 0.416 e. The van der Waals surface area contributed by atoms with Gasteiger partial charge in [0.25, 0.3) is 5.91 Å². The molecule has 0 saturated carbocycles. The molecule has 3 rings (SSSR count). The van der Waals surface area contributed by atoms with Crippen LogP contribution in [0.25, 0.3) is 6.08 Å². The van der Waals surface area contributed by atoms with E-state index in [0.29, 0.717) is 36.0 Å². The van der Waals surface area contributed by atoms with Crippen molar-refractivity contribution in [2.45, 2.75) is 12.6 Å². The molecule has 30 heavy (non-hydrogen) atoms. The predicted molar refractivity (Wildman–Crippen MR) is 102 cm³/mol. The van der Waals surface area contributed by atoms with Crippen molar-refractivity contribution in [3.63, 3.8) is 0 Å². The van der Waals surface area contributed by atoms with Gasteiger partial charge in [-0.25, -0.2) is 4.79 Å². The Labute approximate surface area is 170 Å². The maximum absolute atomic E-state index is 12.5. The van der Waals surface area contributed by atoms with Crippen LogP contribution in [0.4, 0.5) is 18.9 Å². The molecule has 1 amide bonds. The number of fused-ring (bicyclic) bond motifs is 1. The third-order valence-electron chi connectivity index (χ3n) is 4.03. The van der Waals surface area contributed by atoms with E-state index in [-0.39, 0.29) is 0 Å². The number of carbonyl (C=O) groups is 2. The van der Waals surface area contributed by atoms with E-state index in [1.165, 1.54) is 18.2 Å². The highest BCUT2D eigenvalue weighted by Crippen LogP contribution is 2.32. The molecule has 0 saturated heterocycles. The second-order valence-corrected chi connectivity index (χ2v) is 6.32. The number of alkyl halides is 3. The number of esters is 1. The number of hydrogen-bond donors (Lipinski definition) is 1. The van der Waals surface area contributed by atoms with E-state index in [1.807, 2.05) is 0 Å². The summed E-state index contributed by atoms with van der Waals surface area (Å²) in [6.45, 7) is 0.534. The molecule has 0 radical (unpaired) electrons. The first kappa shape index (κ1) is 21.2. The molecule has 1 heterocycles. The van der Waals surface area contributed by atoms with Crippen molar-refractivity contribution in [3.05, 3.63) is 59.7 Å². The van der Waals surface area contributed by atoms with Crippen molar-refractivity contribution in [2.75, 3.05) is 25.1 Å². The van der Waals surface area contributed by atoms with Crippen LogP contribution in [0.1, 0.15) is 17.5 Å². The molecule has 0 aliphatic carbocycles. The van der Waals surface area contributed by atoms with E-state index in [1.54, 1.807) is 18.2 Å². The number of rotatable bonds is 5. The number of nitrogens with one attached hydrogen (secondary N) is 1. The van der Waals surface area contributed by atoms with Crippen LogP contribution in [0, 0.1) is 0 Å². The summed E-state index contributed by atoms with van der Waals surface area (Å²) in [7, 11) is 0. The van der Waals surface area contributed by atoms with E-state index in [4.69, 9.17) is 14.2 Å². The molecule has 0 spiro atoms. The number of hydrogen-bond acceptors (Lipinski definition) is 5. The first-order valence-electron chi connectivity index (χ1n) is 9.03. The number of amides is 1. The van der Waals surface area contributed by atoms with Gasteiger partial charge >= 0.3 is 12.1 Å². The average molecular weight is 421 g/mol. The second-order valence-electron chi connectivity index (χ2n) is 6.32. The Morgan fingerprint density at radius 1 is 1.03 bits per heavy atom. The van der Waals surface area contributed by atoms with E-state index < -0.39 is 30.2 Å². The molecule has 158 valence electrons. The predicted octanol–water partition coefficient (Wildman–Crippen LogP) is 4.06. The average Bonchev–Trinajstić information content (AvgIpc) is 2.95. The molecule has 1 N–H and O–H groups in total. The van der Waals surface area contributed by atoms with Crippen molar-refractivity contribution in [1.29, 1.82) is 0 Å². The number of anilines is 1. The van der Waals surface area contributed by atoms with Crippen molar-refractivity contribution in [1.82, 2.24) is 0 Å². The quantitative estimate of drug-likeness (QED) is 0.582. The van der Waals surface area contributed by atoms with Gasteiger partial charge in [0, 0.05) is 24.3 Å². The molecular weight excluding hydrogens is 403 g/mol. The van der Waals surface area contributed by atoms with Crippen molar-refractivity contribution in [2.24, 2.45) is 0 Å². The van der Waals surface area contributed by atoms with Crippen molar-refractivity contribution in [3.8, 4) is 11.5 Å². The molecular formula is C21H18F3NO5. The molecule has 0 bridgehead atoms. The van der Waals surface area contributed by atoms with E-state index in [0.717, 1.165) is 24.6 Å². The molecule has 6 nitrogen and oxygen atoms in total. The second kappa shape index (κ2) is 9.34. The number of benzene rings is 2. The summed E-state index contributed by atoms with van der Waals surface area (Å²) in [5.74, 6) is -0.253. The topological polar surface area (TPSA) is 73.9 Å². The Balaban J connectivity index is 1.48. The fourth-order valence-corrected chi connectivity index (χ4v) is 2.57. The Bertz CT molecular complexity index is 939. The summed E-state index contributed by atoms with van der Waals surface area (Å²) in [4.78, 5) is 23.7. The van der Waals surface area contributed by atoms with Gasteiger partial charge in [0.2, 0.25) is 0 Å². The third-order valence-corrected chi connectivity index (χ3v) is 4.03. The third kappa shape index (κ3) is 6.00. The van der Waals surface area contributed by atoms with Gasteiger partial charge in [0.1, 0.15) is 0 Å². The fourth-order valence-electron chi connectivity index (χ4n) is 2.57. The van der Waals surface area contributed by atoms with Crippen molar-refractivity contribution < 1.29 is 37.0 Å². The lowest BCUT2D eigenvalue weighted by molar-refractivity contribution is -0.142. The molecule has 0 fully saturated rings. The number of carbonyl (C=O) groups excluding carboxylic acids is 2. The minimum absolute atomic E-state index is 0.386. The Morgan fingerprint density at radius 3 is 2.43 bits per heavy atom. The first-order chi connectivity index (χ1) is 14.3. The van der Waals surface area contributed by atoms with E-state index >= 15 is 0 Å². The lowest BCUT2D eigenvalue weighted by Gasteiger charge is -2.10. The molecule has 1 aliphatic heterocycles. The largest absolute Gasteiger partial charge is 0.490 e. The minimum atomic E-state index is -4.43. The standard InChI is InChI=1S/C21H18F3NO5/c22-21(23,24)15-5-2-14(3-6-15)4-9-20(27)30-13-19(26)25-16-7-8-17-18(12-16)29-11-1-10-28-17/h2-9,12H,1,10-11,13H2,(H,25,26)/b9-4+. The molecule has 2 aromatic rings. The van der Waals surface area contributed by atoms with E-state index in [9.17, 15) is 22.8 Å². The highest BCUT2D eigenvalue weighted by Gasteiger charge is 2.29. The minimum Gasteiger partial charge on any atom is -0.490 e. The van der Waals surface area contributed by atoms with Crippen LogP contribution in [-0.4, -0.2) is 31.7 Å². The Morgan fingerprint density at radius 2 is 1.73 bits per heavy atom. The maximum atomic E-state index is 12.5. The Hall–Kier alpha value is -3.49. The van der Waals surface area contributed by atoms with Gasteiger partial charge in [0.05, 0.1) is 18.8 Å². The summed E-state index contributed by atoms with van der Waals surface area (Å²) >= 11 is 0. The lowest BCUT2D eigenvalue weighted by atomic mass is 10.1. The molecule has 1 aliphatic rings. The first-order valence-corrected chi connectivity index (χ1v) is 9.03. The van der Waals surface area contributed by atoms with Gasteiger partial charge < -0.3 is 19.5 Å². The van der Waals surface area contributed by atoms with Crippen LogP contribution in [-0.2, 0) is 20.5 Å². The molecule has 0 aromatic heterocycles. The van der Waals surface area contributed by atoms with Crippen LogP contribution >= 0.6 is 0 Å². The van der Waals surface area contributed by atoms with Crippen LogP contribution in [0.3, 0.4) is 0 Å². The van der Waals surface area contributed by atoms with E-state index in [2.05, 4.69) is 5.32 Å². The molecule has 0 unspecified atom stereocenters. The monoisotopic (exact) mass is 421 g/mol. The zero-order valence-corrected chi connectivity index (χ0v) is 15.7. The highest BCUT2D eigenvalue weighted by molar-refractivity contribution is 5.94. The summed E-state index contributed by atoms with van der Waals surface area (Å²) < 4.78 is 53.4. The summed E-state index contributed by atoms with van der Waals surface area (Å²) in [6.07, 6.45) is -1.34. The zero-order valence-electron chi connectivity index (χ0n) is 15.7. The summed E-state index contributed by atoms with van der Waals surface area (Å²) in [5.41, 5.74) is 0.0610. The van der Waals surface area contributed by atoms with Gasteiger partial charge in [-0.15, -0.1) is 0 Å². The number of halogens is 3. The van der Waals surface area contributed by atoms with Gasteiger partial charge in [0.15, 0.2) is 18.1 Å². The normalized spacial score (nSPS) is 13.6. The lowest BCUT2D eigenvalue weighted by Crippen LogP contribution is -2.20. The van der Waals surface area contributed by atoms with Crippen LogP contribution in [0.2, 0.25) is 0 Å². The van der Waals surface area contributed by atoms with Crippen LogP contribution in [0.5, 0.6) is 11.5 Å². The zero-order chi connectivity index (χ0) is 21.6.